The molecule has 6 nitrogen and oxygen atoms in total. The highest BCUT2D eigenvalue weighted by Crippen LogP contribution is 2.23. The number of benzene rings is 2. The Morgan fingerprint density at radius 2 is 1.91 bits per heavy atom. The number of phenolic OH excluding ortho intramolecular Hbond substituents is 2. The lowest BCUT2D eigenvalue weighted by Crippen LogP contribution is -2.11. The zero-order chi connectivity index (χ0) is 15.7. The van der Waals surface area contributed by atoms with Gasteiger partial charge >= 0.3 is 0 Å². The summed E-state index contributed by atoms with van der Waals surface area (Å²) in [6.45, 7) is 2.73. The van der Waals surface area contributed by atoms with E-state index in [9.17, 15) is 15.0 Å². The number of aryl methyl sites for hydroxylation is 1. The summed E-state index contributed by atoms with van der Waals surface area (Å²) >= 11 is 0. The summed E-state index contributed by atoms with van der Waals surface area (Å²) in [7, 11) is 0. The van der Waals surface area contributed by atoms with E-state index in [4.69, 9.17) is 0 Å². The molecule has 3 aromatic rings. The van der Waals surface area contributed by atoms with Crippen molar-refractivity contribution in [2.24, 2.45) is 0 Å². The number of phenols is 2. The van der Waals surface area contributed by atoms with E-state index in [1.165, 1.54) is 18.2 Å². The van der Waals surface area contributed by atoms with E-state index in [1.807, 2.05) is 23.7 Å². The fourth-order valence-corrected chi connectivity index (χ4v) is 2.33. The van der Waals surface area contributed by atoms with Crippen LogP contribution in [0.2, 0.25) is 0 Å². The van der Waals surface area contributed by atoms with Crippen LogP contribution >= 0.6 is 0 Å². The number of fused-ring (bicyclic) bond motifs is 1. The van der Waals surface area contributed by atoms with E-state index in [-0.39, 0.29) is 17.1 Å². The van der Waals surface area contributed by atoms with Gasteiger partial charge in [-0.3, -0.25) is 9.48 Å². The maximum absolute atomic E-state index is 12.2. The van der Waals surface area contributed by atoms with Crippen molar-refractivity contribution in [3.8, 4) is 11.5 Å². The topological polar surface area (TPSA) is 87.4 Å². The molecule has 1 aromatic heterocycles. The Bertz CT molecular complexity index is 835. The number of rotatable bonds is 3. The van der Waals surface area contributed by atoms with Gasteiger partial charge in [-0.15, -0.1) is 0 Å². The maximum Gasteiger partial charge on any atom is 0.255 e. The Morgan fingerprint density at radius 3 is 2.59 bits per heavy atom. The number of amides is 1. The largest absolute Gasteiger partial charge is 0.508 e. The molecule has 0 atom stereocenters. The van der Waals surface area contributed by atoms with Gasteiger partial charge in [0.25, 0.3) is 5.91 Å². The smallest absolute Gasteiger partial charge is 0.255 e. The Morgan fingerprint density at radius 1 is 1.18 bits per heavy atom. The minimum Gasteiger partial charge on any atom is -0.508 e. The molecular weight excluding hydrogens is 282 g/mol. The van der Waals surface area contributed by atoms with E-state index in [2.05, 4.69) is 10.4 Å². The molecular formula is C16H15N3O3. The van der Waals surface area contributed by atoms with E-state index < -0.39 is 5.91 Å². The van der Waals surface area contributed by atoms with Crippen molar-refractivity contribution in [1.82, 2.24) is 9.78 Å². The number of carbonyl (C=O) groups excluding carboxylic acids is 1. The average Bonchev–Trinajstić information content (AvgIpc) is 2.88. The monoisotopic (exact) mass is 297 g/mol. The molecule has 0 unspecified atom stereocenters. The van der Waals surface area contributed by atoms with Crippen LogP contribution in [0.3, 0.4) is 0 Å². The zero-order valence-electron chi connectivity index (χ0n) is 11.9. The summed E-state index contributed by atoms with van der Waals surface area (Å²) < 4.78 is 1.84. The third-order valence-corrected chi connectivity index (χ3v) is 3.37. The fraction of sp³-hybridized carbons (Fsp3) is 0.125. The molecule has 1 amide bonds. The number of hydrogen-bond acceptors (Lipinski definition) is 4. The van der Waals surface area contributed by atoms with Crippen molar-refractivity contribution < 1.29 is 15.0 Å². The van der Waals surface area contributed by atoms with Crippen molar-refractivity contribution in [1.29, 1.82) is 0 Å². The first-order valence-electron chi connectivity index (χ1n) is 6.87. The first kappa shape index (κ1) is 13.9. The molecule has 6 heteroatoms. The van der Waals surface area contributed by atoms with Crippen LogP contribution in [0.1, 0.15) is 17.3 Å². The molecule has 0 saturated heterocycles. The Labute approximate surface area is 126 Å². The molecule has 0 aliphatic carbocycles. The summed E-state index contributed by atoms with van der Waals surface area (Å²) in [5, 5.41) is 26.9. The molecule has 0 saturated carbocycles. The number of carbonyl (C=O) groups is 1. The summed E-state index contributed by atoms with van der Waals surface area (Å²) in [6.07, 6.45) is 1.78. The molecule has 112 valence electrons. The maximum atomic E-state index is 12.2. The standard InChI is InChI=1S/C16H15N3O3/c1-2-19-15-7-12(4-3-10(15)9-17-19)18-16(22)11-5-13(20)8-14(21)6-11/h3-9,20-21H,2H2,1H3,(H,18,22). The minimum absolute atomic E-state index is 0.162. The molecule has 0 fully saturated rings. The zero-order valence-corrected chi connectivity index (χ0v) is 11.9. The predicted octanol–water partition coefficient (Wildman–Crippen LogP) is 2.72. The van der Waals surface area contributed by atoms with Gasteiger partial charge in [0, 0.05) is 29.2 Å². The number of nitrogens with zero attached hydrogens (tertiary/aromatic N) is 2. The van der Waals surface area contributed by atoms with Crippen LogP contribution in [0.15, 0.2) is 42.6 Å². The van der Waals surface area contributed by atoms with Gasteiger partial charge in [0.2, 0.25) is 0 Å². The molecule has 0 radical (unpaired) electrons. The Balaban J connectivity index is 1.90. The van der Waals surface area contributed by atoms with Crippen LogP contribution in [0.25, 0.3) is 10.9 Å². The number of anilines is 1. The van der Waals surface area contributed by atoms with Crippen molar-refractivity contribution >= 4 is 22.5 Å². The van der Waals surface area contributed by atoms with Crippen LogP contribution in [-0.4, -0.2) is 25.9 Å². The van der Waals surface area contributed by atoms with E-state index in [0.717, 1.165) is 17.4 Å². The van der Waals surface area contributed by atoms with Crippen molar-refractivity contribution in [3.63, 3.8) is 0 Å². The molecule has 0 aliphatic rings. The van der Waals surface area contributed by atoms with Gasteiger partial charge in [-0.2, -0.15) is 5.10 Å². The Kier molecular flexibility index (Phi) is 3.42. The van der Waals surface area contributed by atoms with Crippen molar-refractivity contribution in [3.05, 3.63) is 48.2 Å². The minimum atomic E-state index is -0.409. The highest BCUT2D eigenvalue weighted by molar-refractivity contribution is 6.05. The van der Waals surface area contributed by atoms with E-state index >= 15 is 0 Å². The molecule has 22 heavy (non-hydrogen) atoms. The molecule has 0 spiro atoms. The highest BCUT2D eigenvalue weighted by Gasteiger charge is 2.10. The molecule has 0 aliphatic heterocycles. The number of nitrogens with one attached hydrogen (secondary N) is 1. The van der Waals surface area contributed by atoms with Gasteiger partial charge in [0.1, 0.15) is 11.5 Å². The van der Waals surface area contributed by atoms with Gasteiger partial charge in [-0.1, -0.05) is 0 Å². The fourth-order valence-electron chi connectivity index (χ4n) is 2.33. The lowest BCUT2D eigenvalue weighted by Gasteiger charge is -2.07. The first-order valence-corrected chi connectivity index (χ1v) is 6.87. The highest BCUT2D eigenvalue weighted by atomic mass is 16.3. The second kappa shape index (κ2) is 5.40. The summed E-state index contributed by atoms with van der Waals surface area (Å²) in [5.41, 5.74) is 1.73. The summed E-state index contributed by atoms with van der Waals surface area (Å²) in [4.78, 5) is 12.2. The lowest BCUT2D eigenvalue weighted by atomic mass is 10.1. The predicted molar refractivity (Wildman–Crippen MR) is 83.1 cm³/mol. The Hall–Kier alpha value is -3.02. The van der Waals surface area contributed by atoms with Crippen LogP contribution < -0.4 is 5.32 Å². The third-order valence-electron chi connectivity index (χ3n) is 3.37. The van der Waals surface area contributed by atoms with Crippen LogP contribution in [0.5, 0.6) is 11.5 Å². The van der Waals surface area contributed by atoms with E-state index in [1.54, 1.807) is 12.3 Å². The van der Waals surface area contributed by atoms with Crippen molar-refractivity contribution in [2.75, 3.05) is 5.32 Å². The SMILES string of the molecule is CCn1ncc2ccc(NC(=O)c3cc(O)cc(O)c3)cc21. The summed E-state index contributed by atoms with van der Waals surface area (Å²) in [6, 6.07) is 9.26. The van der Waals surface area contributed by atoms with Gasteiger partial charge in [-0.05, 0) is 37.3 Å². The van der Waals surface area contributed by atoms with Gasteiger partial charge in [-0.25, -0.2) is 0 Å². The second-order valence-electron chi connectivity index (χ2n) is 4.93. The normalized spacial score (nSPS) is 10.8. The first-order chi connectivity index (χ1) is 10.6. The average molecular weight is 297 g/mol. The van der Waals surface area contributed by atoms with Gasteiger partial charge in [0.15, 0.2) is 0 Å². The number of aromatic nitrogens is 2. The van der Waals surface area contributed by atoms with E-state index in [0.29, 0.717) is 5.69 Å². The van der Waals surface area contributed by atoms with Gasteiger partial charge in [0.05, 0.1) is 11.7 Å². The van der Waals surface area contributed by atoms with Gasteiger partial charge < -0.3 is 15.5 Å². The third kappa shape index (κ3) is 2.58. The van der Waals surface area contributed by atoms with Crippen LogP contribution in [-0.2, 0) is 6.54 Å². The van der Waals surface area contributed by atoms with Crippen LogP contribution in [0.4, 0.5) is 5.69 Å². The molecule has 2 aromatic carbocycles. The van der Waals surface area contributed by atoms with Crippen LogP contribution in [0, 0.1) is 0 Å². The quantitative estimate of drug-likeness (QED) is 0.693. The lowest BCUT2D eigenvalue weighted by molar-refractivity contribution is 0.102. The molecule has 0 bridgehead atoms. The molecule has 3 N–H and O–H groups in total. The molecule has 3 rings (SSSR count). The second-order valence-corrected chi connectivity index (χ2v) is 4.93. The summed E-state index contributed by atoms with van der Waals surface area (Å²) in [5.74, 6) is -0.734. The number of hydrogen-bond donors (Lipinski definition) is 3. The number of aromatic hydroxyl groups is 2. The van der Waals surface area contributed by atoms with Crippen molar-refractivity contribution in [2.45, 2.75) is 13.5 Å². The molecule has 1 heterocycles.